The first kappa shape index (κ1) is 17.2. The lowest BCUT2D eigenvalue weighted by atomic mass is 10.3. The smallest absolute Gasteiger partial charge is 0.243 e. The Morgan fingerprint density at radius 1 is 1.18 bits per heavy atom. The standard InChI is InChI=1S/C16H26N2O3S/c1-4-5-10-17-15-6-8-16(9-7-15)22(19,20)18-11-13(2)21-14(3)12-18/h6-9,13-14,17H,4-5,10-12H2,1-3H3. The van der Waals surface area contributed by atoms with Crippen LogP contribution in [0.5, 0.6) is 0 Å². The van der Waals surface area contributed by atoms with Crippen molar-refractivity contribution in [3.63, 3.8) is 0 Å². The lowest BCUT2D eigenvalue weighted by Gasteiger charge is -2.34. The minimum absolute atomic E-state index is 0.0755. The zero-order chi connectivity index (χ0) is 16.2. The molecule has 0 saturated carbocycles. The fourth-order valence-electron chi connectivity index (χ4n) is 2.63. The normalized spacial score (nSPS) is 23.4. The van der Waals surface area contributed by atoms with Gasteiger partial charge >= 0.3 is 0 Å². The molecule has 124 valence electrons. The van der Waals surface area contributed by atoms with Crippen LogP contribution in [0.2, 0.25) is 0 Å². The Balaban J connectivity index is 2.09. The third kappa shape index (κ3) is 4.21. The Labute approximate surface area is 133 Å². The van der Waals surface area contributed by atoms with E-state index in [0.717, 1.165) is 25.1 Å². The predicted octanol–water partition coefficient (Wildman–Crippen LogP) is 2.70. The first-order chi connectivity index (χ1) is 10.4. The number of rotatable bonds is 6. The van der Waals surface area contributed by atoms with E-state index in [1.165, 1.54) is 4.31 Å². The molecule has 2 unspecified atom stereocenters. The van der Waals surface area contributed by atoms with Crippen molar-refractivity contribution in [1.82, 2.24) is 4.31 Å². The Bertz CT molecular complexity index is 562. The summed E-state index contributed by atoms with van der Waals surface area (Å²) in [5.74, 6) is 0. The van der Waals surface area contributed by atoms with E-state index in [1.54, 1.807) is 12.1 Å². The van der Waals surface area contributed by atoms with Gasteiger partial charge in [-0.1, -0.05) is 13.3 Å². The first-order valence-corrected chi connectivity index (χ1v) is 9.37. The number of morpholine rings is 1. The molecule has 1 heterocycles. The molecule has 0 aliphatic carbocycles. The van der Waals surface area contributed by atoms with E-state index < -0.39 is 10.0 Å². The third-order valence-corrected chi connectivity index (χ3v) is 5.58. The van der Waals surface area contributed by atoms with Crippen molar-refractivity contribution in [2.24, 2.45) is 0 Å². The molecule has 2 rings (SSSR count). The van der Waals surface area contributed by atoms with Gasteiger partial charge in [0.2, 0.25) is 10.0 Å². The SMILES string of the molecule is CCCCNc1ccc(S(=O)(=O)N2CC(C)OC(C)C2)cc1. The second-order valence-electron chi connectivity index (χ2n) is 5.88. The highest BCUT2D eigenvalue weighted by atomic mass is 32.2. The van der Waals surface area contributed by atoms with E-state index in [0.29, 0.717) is 18.0 Å². The van der Waals surface area contributed by atoms with Crippen LogP contribution in [0.25, 0.3) is 0 Å². The molecule has 1 aromatic rings. The highest BCUT2D eigenvalue weighted by Gasteiger charge is 2.32. The molecule has 5 nitrogen and oxygen atoms in total. The molecule has 1 aliphatic rings. The maximum atomic E-state index is 12.7. The van der Waals surface area contributed by atoms with Gasteiger partial charge in [0.1, 0.15) is 0 Å². The van der Waals surface area contributed by atoms with E-state index >= 15 is 0 Å². The highest BCUT2D eigenvalue weighted by Crippen LogP contribution is 2.22. The van der Waals surface area contributed by atoms with Crippen LogP contribution in [-0.2, 0) is 14.8 Å². The molecule has 0 spiro atoms. The van der Waals surface area contributed by atoms with Gasteiger partial charge in [-0.2, -0.15) is 4.31 Å². The van der Waals surface area contributed by atoms with Gasteiger partial charge in [0.05, 0.1) is 17.1 Å². The molecule has 2 atom stereocenters. The van der Waals surface area contributed by atoms with Crippen LogP contribution in [0.3, 0.4) is 0 Å². The van der Waals surface area contributed by atoms with Crippen molar-refractivity contribution in [2.75, 3.05) is 25.0 Å². The Kier molecular flexibility index (Phi) is 5.83. The molecular formula is C16H26N2O3S. The third-order valence-electron chi connectivity index (χ3n) is 3.74. The van der Waals surface area contributed by atoms with Gasteiger partial charge in [-0.3, -0.25) is 0 Å². The van der Waals surface area contributed by atoms with Crippen molar-refractivity contribution >= 4 is 15.7 Å². The Morgan fingerprint density at radius 3 is 2.32 bits per heavy atom. The molecule has 1 N–H and O–H groups in total. The number of hydrogen-bond donors (Lipinski definition) is 1. The predicted molar refractivity (Wildman–Crippen MR) is 88.6 cm³/mol. The minimum Gasteiger partial charge on any atom is -0.385 e. The number of anilines is 1. The highest BCUT2D eigenvalue weighted by molar-refractivity contribution is 7.89. The Hall–Kier alpha value is -1.11. The number of nitrogens with zero attached hydrogens (tertiary/aromatic N) is 1. The number of nitrogens with one attached hydrogen (secondary N) is 1. The summed E-state index contributed by atoms with van der Waals surface area (Å²) < 4.78 is 32.5. The molecule has 0 radical (unpaired) electrons. The summed E-state index contributed by atoms with van der Waals surface area (Å²) in [6, 6.07) is 7.01. The maximum absolute atomic E-state index is 12.7. The van der Waals surface area contributed by atoms with Gasteiger partial charge < -0.3 is 10.1 Å². The van der Waals surface area contributed by atoms with Crippen LogP contribution < -0.4 is 5.32 Å². The molecule has 6 heteroatoms. The van der Waals surface area contributed by atoms with Crippen LogP contribution in [0.1, 0.15) is 33.6 Å². The first-order valence-electron chi connectivity index (χ1n) is 7.93. The maximum Gasteiger partial charge on any atom is 0.243 e. The molecule has 0 bridgehead atoms. The van der Waals surface area contributed by atoms with E-state index in [9.17, 15) is 8.42 Å². The fourth-order valence-corrected chi connectivity index (χ4v) is 4.22. The van der Waals surface area contributed by atoms with Gasteiger partial charge in [0, 0.05) is 25.3 Å². The summed E-state index contributed by atoms with van der Waals surface area (Å²) in [6.45, 7) is 7.66. The van der Waals surface area contributed by atoms with Crippen molar-refractivity contribution in [3.8, 4) is 0 Å². The fraction of sp³-hybridized carbons (Fsp3) is 0.625. The topological polar surface area (TPSA) is 58.6 Å². The minimum atomic E-state index is -3.44. The number of benzene rings is 1. The van der Waals surface area contributed by atoms with Crippen LogP contribution in [-0.4, -0.2) is 44.6 Å². The van der Waals surface area contributed by atoms with Crippen LogP contribution in [0, 0.1) is 0 Å². The molecular weight excluding hydrogens is 300 g/mol. The zero-order valence-electron chi connectivity index (χ0n) is 13.6. The van der Waals surface area contributed by atoms with E-state index in [2.05, 4.69) is 12.2 Å². The van der Waals surface area contributed by atoms with Gasteiger partial charge in [-0.05, 0) is 44.5 Å². The van der Waals surface area contributed by atoms with Gasteiger partial charge in [0.15, 0.2) is 0 Å². The monoisotopic (exact) mass is 326 g/mol. The summed E-state index contributed by atoms with van der Waals surface area (Å²) in [5, 5.41) is 3.29. The zero-order valence-corrected chi connectivity index (χ0v) is 14.4. The van der Waals surface area contributed by atoms with Crippen molar-refractivity contribution in [1.29, 1.82) is 0 Å². The molecule has 22 heavy (non-hydrogen) atoms. The Morgan fingerprint density at radius 2 is 1.77 bits per heavy atom. The van der Waals surface area contributed by atoms with Gasteiger partial charge in [0.25, 0.3) is 0 Å². The number of ether oxygens (including phenoxy) is 1. The molecule has 1 fully saturated rings. The van der Waals surface area contributed by atoms with Gasteiger partial charge in [-0.15, -0.1) is 0 Å². The average molecular weight is 326 g/mol. The summed E-state index contributed by atoms with van der Waals surface area (Å²) in [5.41, 5.74) is 0.955. The molecule has 0 aromatic heterocycles. The largest absolute Gasteiger partial charge is 0.385 e. The van der Waals surface area contributed by atoms with Crippen molar-refractivity contribution in [3.05, 3.63) is 24.3 Å². The number of sulfonamides is 1. The second kappa shape index (κ2) is 7.44. The van der Waals surface area contributed by atoms with Gasteiger partial charge in [-0.25, -0.2) is 8.42 Å². The lowest BCUT2D eigenvalue weighted by molar-refractivity contribution is -0.0440. The number of hydrogen-bond acceptors (Lipinski definition) is 4. The van der Waals surface area contributed by atoms with E-state index in [1.807, 2.05) is 26.0 Å². The second-order valence-corrected chi connectivity index (χ2v) is 7.82. The molecule has 1 saturated heterocycles. The molecule has 0 amide bonds. The quantitative estimate of drug-likeness (QED) is 0.817. The van der Waals surface area contributed by atoms with Crippen LogP contribution in [0.15, 0.2) is 29.2 Å². The van der Waals surface area contributed by atoms with Crippen LogP contribution >= 0.6 is 0 Å². The molecule has 1 aliphatic heterocycles. The number of unbranched alkanes of at least 4 members (excludes halogenated alkanes) is 1. The average Bonchev–Trinajstić information content (AvgIpc) is 2.47. The summed E-state index contributed by atoms with van der Waals surface area (Å²) in [6.07, 6.45) is 2.08. The lowest BCUT2D eigenvalue weighted by Crippen LogP contribution is -2.48. The molecule has 1 aromatic carbocycles. The van der Waals surface area contributed by atoms with Crippen molar-refractivity contribution < 1.29 is 13.2 Å². The summed E-state index contributed by atoms with van der Waals surface area (Å²) in [7, 11) is -3.44. The summed E-state index contributed by atoms with van der Waals surface area (Å²) in [4.78, 5) is 0.342. The van der Waals surface area contributed by atoms with Crippen molar-refractivity contribution in [2.45, 2.75) is 50.7 Å². The van der Waals surface area contributed by atoms with Crippen LogP contribution in [0.4, 0.5) is 5.69 Å². The van der Waals surface area contributed by atoms with E-state index in [4.69, 9.17) is 4.74 Å². The summed E-state index contributed by atoms with van der Waals surface area (Å²) >= 11 is 0. The van der Waals surface area contributed by atoms with E-state index in [-0.39, 0.29) is 12.2 Å².